The van der Waals surface area contributed by atoms with E-state index in [0.29, 0.717) is 12.6 Å². The maximum absolute atomic E-state index is 11.6. The molecule has 0 radical (unpaired) electrons. The molecular formula is C11H22N2O2. The molecule has 0 saturated carbocycles. The van der Waals surface area contributed by atoms with Gasteiger partial charge in [-0.25, -0.2) is 0 Å². The Labute approximate surface area is 92.0 Å². The van der Waals surface area contributed by atoms with Gasteiger partial charge in [0.05, 0.1) is 6.61 Å². The summed E-state index contributed by atoms with van der Waals surface area (Å²) < 4.78 is 5.01. The summed E-state index contributed by atoms with van der Waals surface area (Å²) in [4.78, 5) is 13.9. The fourth-order valence-corrected chi connectivity index (χ4v) is 2.03. The lowest BCUT2D eigenvalue weighted by molar-refractivity contribution is -0.146. The van der Waals surface area contributed by atoms with Gasteiger partial charge in [0.25, 0.3) is 0 Å². The van der Waals surface area contributed by atoms with Crippen molar-refractivity contribution in [3.63, 3.8) is 0 Å². The highest BCUT2D eigenvalue weighted by atomic mass is 16.5. The van der Waals surface area contributed by atoms with Gasteiger partial charge in [0.2, 0.25) is 0 Å². The summed E-state index contributed by atoms with van der Waals surface area (Å²) in [6.07, 6.45) is 2.47. The largest absolute Gasteiger partial charge is 0.465 e. The Morgan fingerprint density at radius 3 is 2.87 bits per heavy atom. The Balaban J connectivity index is 2.41. The monoisotopic (exact) mass is 214 g/mol. The van der Waals surface area contributed by atoms with E-state index in [0.717, 1.165) is 13.1 Å². The lowest BCUT2D eigenvalue weighted by Crippen LogP contribution is -2.46. The van der Waals surface area contributed by atoms with Gasteiger partial charge in [0.1, 0.15) is 6.04 Å². The summed E-state index contributed by atoms with van der Waals surface area (Å²) >= 11 is 0. The molecule has 1 N–H and O–H groups in total. The van der Waals surface area contributed by atoms with E-state index in [4.69, 9.17) is 4.74 Å². The van der Waals surface area contributed by atoms with Gasteiger partial charge in [-0.05, 0) is 40.3 Å². The molecule has 0 spiro atoms. The minimum absolute atomic E-state index is 0.140. The van der Waals surface area contributed by atoms with Crippen molar-refractivity contribution < 1.29 is 9.53 Å². The van der Waals surface area contributed by atoms with E-state index < -0.39 is 0 Å². The minimum atomic E-state index is -0.189. The Kier molecular flexibility index (Phi) is 5.05. The van der Waals surface area contributed by atoms with Gasteiger partial charge < -0.3 is 10.1 Å². The van der Waals surface area contributed by atoms with Gasteiger partial charge >= 0.3 is 5.97 Å². The van der Waals surface area contributed by atoms with E-state index in [1.54, 1.807) is 0 Å². The normalized spacial score (nSPS) is 24.1. The Hall–Kier alpha value is -0.610. The van der Waals surface area contributed by atoms with Gasteiger partial charge in [0, 0.05) is 12.6 Å². The Morgan fingerprint density at radius 2 is 2.40 bits per heavy atom. The smallest absolute Gasteiger partial charge is 0.324 e. The quantitative estimate of drug-likeness (QED) is 0.681. The number of ether oxygens (including phenoxy) is 1. The van der Waals surface area contributed by atoms with Crippen LogP contribution in [0.2, 0.25) is 0 Å². The van der Waals surface area contributed by atoms with Crippen LogP contribution in [0.15, 0.2) is 0 Å². The molecule has 1 saturated heterocycles. The minimum Gasteiger partial charge on any atom is -0.465 e. The first kappa shape index (κ1) is 12.5. The van der Waals surface area contributed by atoms with Crippen molar-refractivity contribution in [2.75, 3.05) is 26.7 Å². The molecule has 1 rings (SSSR count). The summed E-state index contributed by atoms with van der Waals surface area (Å²) in [7, 11) is 1.81. The summed E-state index contributed by atoms with van der Waals surface area (Å²) in [5.74, 6) is -0.140. The van der Waals surface area contributed by atoms with Crippen LogP contribution in [0.3, 0.4) is 0 Å². The van der Waals surface area contributed by atoms with Crippen molar-refractivity contribution in [1.82, 2.24) is 10.2 Å². The third-order valence-corrected chi connectivity index (χ3v) is 3.03. The second-order valence-electron chi connectivity index (χ2n) is 4.08. The molecule has 1 aliphatic rings. The lowest BCUT2D eigenvalue weighted by Gasteiger charge is -2.25. The third kappa shape index (κ3) is 3.47. The van der Waals surface area contributed by atoms with Crippen LogP contribution in [-0.2, 0) is 9.53 Å². The number of carbonyl (C=O) groups excluding carboxylic acids is 1. The van der Waals surface area contributed by atoms with Crippen LogP contribution in [-0.4, -0.2) is 49.7 Å². The van der Waals surface area contributed by atoms with Crippen LogP contribution in [0, 0.1) is 0 Å². The number of likely N-dealkylation sites (N-methyl/N-ethyl adjacent to an activating group) is 1. The molecule has 0 aliphatic carbocycles. The number of hydrogen-bond donors (Lipinski definition) is 1. The Bertz CT molecular complexity index is 209. The van der Waals surface area contributed by atoms with Crippen molar-refractivity contribution in [1.29, 1.82) is 0 Å². The number of nitrogens with one attached hydrogen (secondary N) is 1. The van der Waals surface area contributed by atoms with Gasteiger partial charge in [-0.15, -0.1) is 0 Å². The van der Waals surface area contributed by atoms with E-state index in [1.807, 2.05) is 14.0 Å². The van der Waals surface area contributed by atoms with E-state index in [1.165, 1.54) is 12.8 Å². The van der Waals surface area contributed by atoms with Crippen molar-refractivity contribution in [2.45, 2.75) is 38.8 Å². The molecule has 0 aromatic rings. The third-order valence-electron chi connectivity index (χ3n) is 3.03. The number of rotatable bonds is 5. The van der Waals surface area contributed by atoms with E-state index >= 15 is 0 Å². The molecule has 1 fully saturated rings. The highest BCUT2D eigenvalue weighted by molar-refractivity contribution is 5.76. The second-order valence-corrected chi connectivity index (χ2v) is 4.08. The maximum atomic E-state index is 11.6. The zero-order valence-electron chi connectivity index (χ0n) is 9.95. The molecule has 0 amide bonds. The van der Waals surface area contributed by atoms with E-state index in [2.05, 4.69) is 17.1 Å². The van der Waals surface area contributed by atoms with Crippen molar-refractivity contribution >= 4 is 5.97 Å². The van der Waals surface area contributed by atoms with Crippen molar-refractivity contribution in [3.8, 4) is 0 Å². The molecule has 4 heteroatoms. The summed E-state index contributed by atoms with van der Waals surface area (Å²) in [5.41, 5.74) is 0. The highest BCUT2D eigenvalue weighted by Crippen LogP contribution is 2.16. The van der Waals surface area contributed by atoms with E-state index in [-0.39, 0.29) is 12.0 Å². The summed E-state index contributed by atoms with van der Waals surface area (Å²) in [5, 5.41) is 3.02. The molecule has 88 valence electrons. The molecule has 1 heterocycles. The lowest BCUT2D eigenvalue weighted by atomic mass is 10.2. The molecule has 15 heavy (non-hydrogen) atoms. The molecule has 0 bridgehead atoms. The Morgan fingerprint density at radius 1 is 1.67 bits per heavy atom. The number of hydrogen-bond acceptors (Lipinski definition) is 4. The zero-order valence-corrected chi connectivity index (χ0v) is 9.95. The molecule has 2 unspecified atom stereocenters. The summed E-state index contributed by atoms with van der Waals surface area (Å²) in [6.45, 7) is 6.36. The standard InChI is InChI=1S/C11H22N2O2/c1-4-15-11(14)10(12-3)8-13-7-5-6-9(13)2/h9-10,12H,4-8H2,1-3H3. The fourth-order valence-electron chi connectivity index (χ4n) is 2.03. The second kappa shape index (κ2) is 6.08. The molecule has 0 aromatic carbocycles. The summed E-state index contributed by atoms with van der Waals surface area (Å²) in [6, 6.07) is 0.403. The van der Waals surface area contributed by atoms with Crippen molar-refractivity contribution in [3.05, 3.63) is 0 Å². The van der Waals surface area contributed by atoms with Gasteiger partial charge in [-0.3, -0.25) is 9.69 Å². The average molecular weight is 214 g/mol. The first-order valence-corrected chi connectivity index (χ1v) is 5.77. The number of carbonyl (C=O) groups is 1. The van der Waals surface area contributed by atoms with Crippen LogP contribution < -0.4 is 5.32 Å². The van der Waals surface area contributed by atoms with Crippen molar-refractivity contribution in [2.24, 2.45) is 0 Å². The van der Waals surface area contributed by atoms with Crippen LogP contribution in [0.25, 0.3) is 0 Å². The average Bonchev–Trinajstić information content (AvgIpc) is 2.61. The van der Waals surface area contributed by atoms with Crippen LogP contribution >= 0.6 is 0 Å². The van der Waals surface area contributed by atoms with Gasteiger partial charge in [0.15, 0.2) is 0 Å². The predicted molar refractivity (Wildman–Crippen MR) is 59.7 cm³/mol. The zero-order chi connectivity index (χ0) is 11.3. The fraction of sp³-hybridized carbons (Fsp3) is 0.909. The van der Waals surface area contributed by atoms with Gasteiger partial charge in [-0.1, -0.05) is 0 Å². The van der Waals surface area contributed by atoms with Gasteiger partial charge in [-0.2, -0.15) is 0 Å². The van der Waals surface area contributed by atoms with Crippen LogP contribution in [0.1, 0.15) is 26.7 Å². The SMILES string of the molecule is CCOC(=O)C(CN1CCCC1C)NC. The molecule has 4 nitrogen and oxygen atoms in total. The molecule has 2 atom stereocenters. The number of likely N-dealkylation sites (tertiary alicyclic amines) is 1. The maximum Gasteiger partial charge on any atom is 0.324 e. The molecule has 1 aliphatic heterocycles. The predicted octanol–water partition coefficient (Wildman–Crippen LogP) is 0.622. The molecule has 0 aromatic heterocycles. The van der Waals surface area contributed by atoms with Crippen LogP contribution in [0.5, 0.6) is 0 Å². The first-order valence-electron chi connectivity index (χ1n) is 5.77. The highest BCUT2D eigenvalue weighted by Gasteiger charge is 2.26. The number of esters is 1. The first-order chi connectivity index (χ1) is 7.19. The topological polar surface area (TPSA) is 41.6 Å². The van der Waals surface area contributed by atoms with E-state index in [9.17, 15) is 4.79 Å². The molecular weight excluding hydrogens is 192 g/mol. The van der Waals surface area contributed by atoms with Crippen LogP contribution in [0.4, 0.5) is 0 Å². The number of nitrogens with zero attached hydrogens (tertiary/aromatic N) is 1.